The molecule has 1 aromatic rings. The van der Waals surface area contributed by atoms with Gasteiger partial charge in [-0.2, -0.15) is 0 Å². The van der Waals surface area contributed by atoms with Crippen LogP contribution < -0.4 is 0 Å². The smallest absolute Gasteiger partial charge is 0.434 e. The highest BCUT2D eigenvalue weighted by molar-refractivity contribution is 5.62. The van der Waals surface area contributed by atoms with Gasteiger partial charge in [-0.1, -0.05) is 4.98 Å². The molecule has 0 aliphatic rings. The van der Waals surface area contributed by atoms with E-state index >= 15 is 0 Å². The molecule has 9 heteroatoms. The third-order valence-corrected chi connectivity index (χ3v) is 1.48. The molecule has 96 valence electrons. The molecule has 0 saturated heterocycles. The molecule has 0 amide bonds. The lowest BCUT2D eigenvalue weighted by molar-refractivity contribution is -0.397. The molecule has 1 unspecified atom stereocenters. The topological polar surface area (TPSA) is 139 Å². The van der Waals surface area contributed by atoms with Crippen LogP contribution in [0.5, 0.6) is 0 Å². The van der Waals surface area contributed by atoms with E-state index in [1.54, 1.807) is 0 Å². The monoisotopic (exact) mass is 247 g/mol. The molecule has 0 aromatic carbocycles. The van der Waals surface area contributed by atoms with Gasteiger partial charge in [-0.25, -0.2) is 4.57 Å². The van der Waals surface area contributed by atoms with Crippen molar-refractivity contribution < 1.29 is 25.0 Å². The van der Waals surface area contributed by atoms with Crippen molar-refractivity contribution in [3.8, 4) is 0 Å². The number of aliphatic hydroxyl groups excluding tert-OH is 2. The molecule has 1 atom stereocenters. The summed E-state index contributed by atoms with van der Waals surface area (Å²) in [6.07, 6.45) is 1.63. The van der Waals surface area contributed by atoms with Crippen LogP contribution in [0.25, 0.3) is 0 Å². The first-order chi connectivity index (χ1) is 7.88. The Bertz CT molecular complexity index is 373. The van der Waals surface area contributed by atoms with E-state index in [2.05, 4.69) is 4.98 Å². The number of carboxylic acid groups (broad SMARTS) is 1. The van der Waals surface area contributed by atoms with Crippen molar-refractivity contribution in [3.05, 3.63) is 22.5 Å². The van der Waals surface area contributed by atoms with E-state index in [-0.39, 0.29) is 12.5 Å². The summed E-state index contributed by atoms with van der Waals surface area (Å²) in [4.78, 5) is 22.2. The molecule has 3 N–H and O–H groups in total. The second-order valence-electron chi connectivity index (χ2n) is 2.99. The predicted octanol–water partition coefficient (Wildman–Crippen LogP) is -0.765. The minimum Gasteiger partial charge on any atom is -0.481 e. The first kappa shape index (κ1) is 15.0. The lowest BCUT2D eigenvalue weighted by Gasteiger charge is -2.05. The van der Waals surface area contributed by atoms with E-state index < -0.39 is 23.6 Å². The number of aliphatic hydroxyl groups is 2. The maximum absolute atomic E-state index is 10.3. The Morgan fingerprint density at radius 1 is 1.71 bits per heavy atom. The standard InChI is InChI=1S/C6H9N3O4.C2H4O2/c10-4-5(11)3-8-2-1-7-6(8)9(12)13;1-2(3)4/h1-2,5,10-11H,3-4H2;1H3,(H,3,4). The van der Waals surface area contributed by atoms with Crippen molar-refractivity contribution in [1.82, 2.24) is 9.55 Å². The number of imidazole rings is 1. The van der Waals surface area contributed by atoms with Gasteiger partial charge < -0.3 is 25.4 Å². The summed E-state index contributed by atoms with van der Waals surface area (Å²) >= 11 is 0. The van der Waals surface area contributed by atoms with Gasteiger partial charge >= 0.3 is 5.95 Å². The Labute approximate surface area is 96.1 Å². The van der Waals surface area contributed by atoms with E-state index in [4.69, 9.17) is 20.1 Å². The first-order valence-corrected chi connectivity index (χ1v) is 4.52. The number of carboxylic acids is 1. The molecule has 9 nitrogen and oxygen atoms in total. The molecule has 0 saturated carbocycles. The van der Waals surface area contributed by atoms with Gasteiger partial charge in [0.2, 0.25) is 0 Å². The number of rotatable bonds is 4. The lowest BCUT2D eigenvalue weighted by Crippen LogP contribution is -2.20. The minimum atomic E-state index is -1.01. The van der Waals surface area contributed by atoms with Gasteiger partial charge in [-0.05, 0) is 4.92 Å². The summed E-state index contributed by atoms with van der Waals surface area (Å²) < 4.78 is 1.17. The molecule has 0 fully saturated rings. The van der Waals surface area contributed by atoms with Gasteiger partial charge in [-0.15, -0.1) is 0 Å². The summed E-state index contributed by atoms with van der Waals surface area (Å²) in [5, 5.41) is 35.3. The van der Waals surface area contributed by atoms with Crippen LogP contribution in [0.15, 0.2) is 12.4 Å². The number of hydrogen-bond acceptors (Lipinski definition) is 6. The third-order valence-electron chi connectivity index (χ3n) is 1.48. The number of hydrogen-bond donors (Lipinski definition) is 3. The largest absolute Gasteiger partial charge is 0.481 e. The van der Waals surface area contributed by atoms with Crippen LogP contribution in [0.2, 0.25) is 0 Å². The summed E-state index contributed by atoms with van der Waals surface area (Å²) in [5.41, 5.74) is 0. The fourth-order valence-corrected chi connectivity index (χ4v) is 0.901. The van der Waals surface area contributed by atoms with Gasteiger partial charge in [0.1, 0.15) is 18.5 Å². The molecule has 1 rings (SSSR count). The average Bonchev–Trinajstić information content (AvgIpc) is 2.64. The zero-order valence-electron chi connectivity index (χ0n) is 9.05. The maximum atomic E-state index is 10.3. The van der Waals surface area contributed by atoms with Crippen LogP contribution in [0.1, 0.15) is 6.92 Å². The summed E-state index contributed by atoms with van der Waals surface area (Å²) in [6, 6.07) is 0. The zero-order valence-corrected chi connectivity index (χ0v) is 9.05. The van der Waals surface area contributed by atoms with Gasteiger partial charge in [0.25, 0.3) is 5.97 Å². The zero-order chi connectivity index (χ0) is 13.4. The molecule has 0 aliphatic carbocycles. The average molecular weight is 247 g/mol. The van der Waals surface area contributed by atoms with Gasteiger partial charge in [0.15, 0.2) is 0 Å². The number of nitro groups is 1. The highest BCUT2D eigenvalue weighted by Gasteiger charge is 2.16. The van der Waals surface area contributed by atoms with Crippen LogP contribution in [-0.2, 0) is 11.3 Å². The summed E-state index contributed by atoms with van der Waals surface area (Å²) in [6.45, 7) is 0.613. The van der Waals surface area contributed by atoms with E-state index in [0.29, 0.717) is 0 Å². The second kappa shape index (κ2) is 7.30. The Morgan fingerprint density at radius 2 is 2.24 bits per heavy atom. The molecule has 1 aromatic heterocycles. The van der Waals surface area contributed by atoms with Crippen molar-refractivity contribution >= 4 is 11.9 Å². The maximum Gasteiger partial charge on any atom is 0.434 e. The summed E-state index contributed by atoms with van der Waals surface area (Å²) in [7, 11) is 0. The third kappa shape index (κ3) is 6.22. The molecular formula is C8H13N3O6. The number of aromatic nitrogens is 2. The molecule has 0 bridgehead atoms. The Balaban J connectivity index is 0.000000557. The molecule has 17 heavy (non-hydrogen) atoms. The lowest BCUT2D eigenvalue weighted by atomic mass is 10.4. The molecule has 0 spiro atoms. The van der Waals surface area contributed by atoms with Crippen molar-refractivity contribution in [2.24, 2.45) is 0 Å². The first-order valence-electron chi connectivity index (χ1n) is 4.52. The molecule has 0 radical (unpaired) electrons. The van der Waals surface area contributed by atoms with Crippen LogP contribution in [-0.4, -0.2) is 48.5 Å². The van der Waals surface area contributed by atoms with Gasteiger partial charge in [0.05, 0.1) is 13.2 Å². The highest BCUT2D eigenvalue weighted by atomic mass is 16.6. The second-order valence-corrected chi connectivity index (χ2v) is 2.99. The van der Waals surface area contributed by atoms with E-state index in [9.17, 15) is 10.1 Å². The minimum absolute atomic E-state index is 0.0349. The fourth-order valence-electron chi connectivity index (χ4n) is 0.901. The Hall–Kier alpha value is -2.00. The van der Waals surface area contributed by atoms with Gasteiger partial charge in [-0.3, -0.25) is 4.79 Å². The summed E-state index contributed by atoms with van der Waals surface area (Å²) in [5.74, 6) is -1.17. The van der Waals surface area contributed by atoms with Crippen molar-refractivity contribution in [1.29, 1.82) is 0 Å². The van der Waals surface area contributed by atoms with Crippen LogP contribution in [0.4, 0.5) is 5.95 Å². The molecule has 0 aliphatic heterocycles. The van der Waals surface area contributed by atoms with E-state index in [1.165, 1.54) is 17.0 Å². The Morgan fingerprint density at radius 3 is 2.65 bits per heavy atom. The van der Waals surface area contributed by atoms with Crippen molar-refractivity contribution in [2.45, 2.75) is 19.6 Å². The van der Waals surface area contributed by atoms with Crippen LogP contribution >= 0.6 is 0 Å². The predicted molar refractivity (Wildman–Crippen MR) is 55.3 cm³/mol. The molecule has 1 heterocycles. The van der Waals surface area contributed by atoms with Gasteiger partial charge in [0, 0.05) is 6.92 Å². The van der Waals surface area contributed by atoms with Crippen LogP contribution in [0.3, 0.4) is 0 Å². The molecular weight excluding hydrogens is 234 g/mol. The number of nitrogens with zero attached hydrogens (tertiary/aromatic N) is 3. The van der Waals surface area contributed by atoms with Crippen LogP contribution in [0, 0.1) is 10.1 Å². The SMILES string of the molecule is CC(=O)O.O=[N+]([O-])c1nccn1CC(O)CO. The van der Waals surface area contributed by atoms with Crippen molar-refractivity contribution in [3.63, 3.8) is 0 Å². The quantitative estimate of drug-likeness (QED) is 0.469. The number of carbonyl (C=O) groups is 1. The highest BCUT2D eigenvalue weighted by Crippen LogP contribution is 2.07. The normalized spacial score (nSPS) is 11.2. The van der Waals surface area contributed by atoms with E-state index in [0.717, 1.165) is 6.92 Å². The Kier molecular flexibility index (Phi) is 6.44. The van der Waals surface area contributed by atoms with Crippen molar-refractivity contribution in [2.75, 3.05) is 6.61 Å². The van der Waals surface area contributed by atoms with E-state index in [1.807, 2.05) is 0 Å². The fraction of sp³-hybridized carbons (Fsp3) is 0.500. The number of aliphatic carboxylic acids is 1.